The number of imidazole rings is 1. The molecule has 3 aliphatic rings. The van der Waals surface area contributed by atoms with E-state index in [1.54, 1.807) is 0 Å². The van der Waals surface area contributed by atoms with Crippen LogP contribution in [0.5, 0.6) is 0 Å². The molecule has 1 aromatic heterocycles. The molecule has 0 bridgehead atoms. The summed E-state index contributed by atoms with van der Waals surface area (Å²) in [5.74, 6) is 0. The number of rotatable bonds is 7. The lowest BCUT2D eigenvalue weighted by Gasteiger charge is -2.38. The van der Waals surface area contributed by atoms with Crippen LogP contribution in [0, 0.1) is 24.0 Å². The standard InChI is InChI=1S/C22H31N5O5.ClH/c1-15-10-17-18(11-16(15)2)26(14-23-17)5-3-4-24-6-8-25(9-7-24)19-12-30-22-20(32-27(28)29)13-31-21(19)22;/h10-11,14,19-22H,3-9,12-13H2,1-2H3;1H/t19-,20-,21+,22+;/m0./s1. The van der Waals surface area contributed by atoms with Crippen molar-refractivity contribution in [1.29, 1.82) is 0 Å². The summed E-state index contributed by atoms with van der Waals surface area (Å²) in [5, 5.41) is 9.92. The Morgan fingerprint density at radius 1 is 1.09 bits per heavy atom. The minimum absolute atomic E-state index is 0. The second-order valence-electron chi connectivity index (χ2n) is 9.13. The number of hydrogen-bond acceptors (Lipinski definition) is 8. The molecule has 0 spiro atoms. The number of piperazine rings is 1. The number of benzene rings is 1. The van der Waals surface area contributed by atoms with Crippen molar-refractivity contribution >= 4 is 23.4 Å². The van der Waals surface area contributed by atoms with Crippen molar-refractivity contribution in [3.05, 3.63) is 39.7 Å². The predicted octanol–water partition coefficient (Wildman–Crippen LogP) is 1.83. The van der Waals surface area contributed by atoms with Crippen molar-refractivity contribution < 1.29 is 19.4 Å². The van der Waals surface area contributed by atoms with Crippen molar-refractivity contribution in [3.8, 4) is 0 Å². The number of ether oxygens (including phenoxy) is 2. The van der Waals surface area contributed by atoms with Crippen molar-refractivity contribution in [1.82, 2.24) is 19.4 Å². The minimum Gasteiger partial charge on any atom is -0.371 e. The van der Waals surface area contributed by atoms with Crippen LogP contribution in [0.3, 0.4) is 0 Å². The van der Waals surface area contributed by atoms with Crippen molar-refractivity contribution in [2.75, 3.05) is 45.9 Å². The highest BCUT2D eigenvalue weighted by Gasteiger charge is 2.51. The first-order valence-electron chi connectivity index (χ1n) is 11.4. The van der Waals surface area contributed by atoms with Crippen LogP contribution in [0.25, 0.3) is 11.0 Å². The van der Waals surface area contributed by atoms with Crippen LogP contribution in [0.15, 0.2) is 18.5 Å². The zero-order valence-electron chi connectivity index (χ0n) is 19.1. The number of fused-ring (bicyclic) bond motifs is 2. The molecule has 0 amide bonds. The monoisotopic (exact) mass is 481 g/mol. The Morgan fingerprint density at radius 2 is 1.82 bits per heavy atom. The molecule has 3 fully saturated rings. The van der Waals surface area contributed by atoms with Crippen molar-refractivity contribution in [2.24, 2.45) is 0 Å². The topological polar surface area (TPSA) is 95.1 Å². The summed E-state index contributed by atoms with van der Waals surface area (Å²) in [6.07, 6.45) is 1.93. The summed E-state index contributed by atoms with van der Waals surface area (Å²) < 4.78 is 13.9. The maximum absolute atomic E-state index is 10.7. The molecule has 0 radical (unpaired) electrons. The Morgan fingerprint density at radius 3 is 2.58 bits per heavy atom. The lowest BCUT2D eigenvalue weighted by molar-refractivity contribution is -0.769. The molecule has 3 saturated heterocycles. The normalized spacial score (nSPS) is 28.1. The van der Waals surface area contributed by atoms with Crippen LogP contribution in [-0.4, -0.2) is 94.7 Å². The predicted molar refractivity (Wildman–Crippen MR) is 124 cm³/mol. The second-order valence-corrected chi connectivity index (χ2v) is 9.13. The average Bonchev–Trinajstić information content (AvgIpc) is 3.46. The van der Waals surface area contributed by atoms with Gasteiger partial charge in [-0.15, -0.1) is 22.5 Å². The third kappa shape index (κ3) is 4.95. The van der Waals surface area contributed by atoms with E-state index in [9.17, 15) is 10.1 Å². The van der Waals surface area contributed by atoms with Crippen LogP contribution < -0.4 is 0 Å². The molecule has 4 heterocycles. The van der Waals surface area contributed by atoms with Crippen LogP contribution in [0.4, 0.5) is 0 Å². The fraction of sp³-hybridized carbons (Fsp3) is 0.682. The summed E-state index contributed by atoms with van der Waals surface area (Å²) in [6, 6.07) is 4.54. The van der Waals surface area contributed by atoms with Gasteiger partial charge in [0.05, 0.1) is 36.6 Å². The van der Waals surface area contributed by atoms with Gasteiger partial charge in [0, 0.05) is 32.7 Å². The van der Waals surface area contributed by atoms with E-state index in [1.807, 2.05) is 6.33 Å². The number of halogens is 1. The number of hydrogen-bond donors (Lipinski definition) is 0. The smallest absolute Gasteiger partial charge is 0.294 e. The Kier molecular flexibility index (Phi) is 7.40. The molecule has 4 atom stereocenters. The van der Waals surface area contributed by atoms with Crippen LogP contribution >= 0.6 is 12.4 Å². The summed E-state index contributed by atoms with van der Waals surface area (Å²) in [5.41, 5.74) is 4.86. The maximum Gasteiger partial charge on any atom is 0.294 e. The highest BCUT2D eigenvalue weighted by atomic mass is 35.5. The fourth-order valence-electron chi connectivity index (χ4n) is 5.23. The summed E-state index contributed by atoms with van der Waals surface area (Å²) in [6.45, 7) is 11.0. The maximum atomic E-state index is 10.7. The van der Waals surface area contributed by atoms with Gasteiger partial charge in [0.25, 0.3) is 5.09 Å². The average molecular weight is 482 g/mol. The molecular formula is C22H32ClN5O5. The largest absolute Gasteiger partial charge is 0.371 e. The van der Waals surface area contributed by atoms with Gasteiger partial charge in [0.2, 0.25) is 0 Å². The molecule has 0 N–H and O–H groups in total. The SMILES string of the molecule is Cc1cc2ncn(CCCN3CCN([C@H]4CO[C@H]5[C@@H]4OC[C@@H]5O[N+](=O)[O-])CC3)c2cc1C.Cl. The van der Waals surface area contributed by atoms with E-state index >= 15 is 0 Å². The quantitative estimate of drug-likeness (QED) is 0.436. The minimum atomic E-state index is -0.749. The van der Waals surface area contributed by atoms with Gasteiger partial charge in [0.15, 0.2) is 6.10 Å². The van der Waals surface area contributed by atoms with E-state index in [1.165, 1.54) is 16.6 Å². The molecule has 3 aliphatic heterocycles. The lowest BCUT2D eigenvalue weighted by atomic mass is 10.1. The Hall–Kier alpha value is -1.98. The van der Waals surface area contributed by atoms with Crippen LogP contribution in [0.1, 0.15) is 17.5 Å². The molecular weight excluding hydrogens is 450 g/mol. The van der Waals surface area contributed by atoms with Gasteiger partial charge in [-0.25, -0.2) is 4.98 Å². The fourth-order valence-corrected chi connectivity index (χ4v) is 5.23. The first-order valence-corrected chi connectivity index (χ1v) is 11.4. The van der Waals surface area contributed by atoms with E-state index in [0.717, 1.165) is 51.2 Å². The van der Waals surface area contributed by atoms with Crippen molar-refractivity contribution in [3.63, 3.8) is 0 Å². The number of aromatic nitrogens is 2. The summed E-state index contributed by atoms with van der Waals surface area (Å²) in [4.78, 5) is 24.9. The van der Waals surface area contributed by atoms with Gasteiger partial charge in [-0.1, -0.05) is 0 Å². The van der Waals surface area contributed by atoms with Gasteiger partial charge in [0.1, 0.15) is 12.2 Å². The van der Waals surface area contributed by atoms with E-state index < -0.39 is 11.2 Å². The van der Waals surface area contributed by atoms with Crippen LogP contribution in [0.2, 0.25) is 0 Å². The van der Waals surface area contributed by atoms with Gasteiger partial charge < -0.3 is 23.8 Å². The van der Waals surface area contributed by atoms with Gasteiger partial charge in [-0.2, -0.15) is 0 Å². The van der Waals surface area contributed by atoms with Crippen LogP contribution in [-0.2, 0) is 20.9 Å². The highest BCUT2D eigenvalue weighted by Crippen LogP contribution is 2.32. The third-order valence-electron chi connectivity index (χ3n) is 7.19. The summed E-state index contributed by atoms with van der Waals surface area (Å²) in [7, 11) is 0. The second kappa shape index (κ2) is 10.1. The van der Waals surface area contributed by atoms with Crippen molar-refractivity contribution in [2.45, 2.75) is 51.2 Å². The molecule has 182 valence electrons. The Labute approximate surface area is 199 Å². The highest BCUT2D eigenvalue weighted by molar-refractivity contribution is 5.85. The first kappa shape index (κ1) is 24.2. The van der Waals surface area contributed by atoms with Gasteiger partial charge >= 0.3 is 0 Å². The first-order chi connectivity index (χ1) is 15.5. The zero-order valence-corrected chi connectivity index (χ0v) is 19.9. The third-order valence-corrected chi connectivity index (χ3v) is 7.19. The molecule has 33 heavy (non-hydrogen) atoms. The molecule has 0 unspecified atom stereocenters. The van der Waals surface area contributed by atoms with Gasteiger partial charge in [-0.3, -0.25) is 4.90 Å². The van der Waals surface area contributed by atoms with E-state index in [2.05, 4.69) is 45.3 Å². The number of aryl methyl sites for hydroxylation is 3. The van der Waals surface area contributed by atoms with E-state index in [4.69, 9.17) is 14.3 Å². The van der Waals surface area contributed by atoms with E-state index in [-0.39, 0.29) is 37.3 Å². The molecule has 11 heteroatoms. The molecule has 0 aliphatic carbocycles. The number of nitrogens with zero attached hydrogens (tertiary/aromatic N) is 5. The Balaban J connectivity index is 0.00000259. The molecule has 5 rings (SSSR count). The zero-order chi connectivity index (χ0) is 22.2. The Bertz CT molecular complexity index is 979. The molecule has 10 nitrogen and oxygen atoms in total. The lowest BCUT2D eigenvalue weighted by Crippen LogP contribution is -2.54. The molecule has 0 saturated carbocycles. The molecule has 1 aromatic carbocycles. The van der Waals surface area contributed by atoms with Gasteiger partial charge in [-0.05, 0) is 50.1 Å². The van der Waals surface area contributed by atoms with E-state index in [0.29, 0.717) is 6.61 Å². The summed E-state index contributed by atoms with van der Waals surface area (Å²) >= 11 is 0. The molecule has 2 aromatic rings.